The zero-order valence-electron chi connectivity index (χ0n) is 31.8. The molecule has 11 heteroatoms. The zero-order chi connectivity index (χ0) is 36.1. The molecule has 51 heavy (non-hydrogen) atoms. The topological polar surface area (TPSA) is 114 Å². The lowest BCUT2D eigenvalue weighted by Gasteiger charge is -2.75. The standard InChI is InChI=1S/C40H61NO10/c1-7-45-16-17-46-18-19-47-20-21-48-22-23-49-35(42)50-29-11-10-28-24-31-38-12-13-40(44-6,30(25-38)37(5,43)36(2,3)4)34-39(38,32(28)33(29)51-34)14-15-41(31)26-27-8-9-27/h10-11,27,30-31,34,43H,7-9,12-26H2,1-6H3/t30-,31-,34-,37+,38-,39+,40-/m1/s1. The third-order valence-corrected chi connectivity index (χ3v) is 13.8. The fourth-order valence-electron chi connectivity index (χ4n) is 10.8. The van der Waals surface area contributed by atoms with E-state index in [1.807, 2.05) is 19.9 Å². The molecule has 2 spiro atoms. The molecule has 4 bridgehead atoms. The Kier molecular flexibility index (Phi) is 10.5. The van der Waals surface area contributed by atoms with Crippen LogP contribution in [0.15, 0.2) is 12.1 Å². The molecule has 1 aromatic rings. The van der Waals surface area contributed by atoms with E-state index in [1.54, 1.807) is 7.11 Å². The van der Waals surface area contributed by atoms with Crippen LogP contribution in [0.5, 0.6) is 11.5 Å². The highest BCUT2D eigenvalue weighted by Gasteiger charge is 2.82. The van der Waals surface area contributed by atoms with Gasteiger partial charge < -0.3 is 43.0 Å². The van der Waals surface area contributed by atoms with Crippen LogP contribution in [-0.2, 0) is 40.3 Å². The SMILES string of the molecule is CCOCCOCCOCCOCCOC(=O)Oc1ccc2c3c1O[C@H]1[C@@]4(OC)CC[C@@]5(C[C@@H]4[C@](C)(O)C(C)(C)C)[C@@H](C2)N(CC2CC2)CC[C@]315. The van der Waals surface area contributed by atoms with Gasteiger partial charge in [-0.1, -0.05) is 26.8 Å². The van der Waals surface area contributed by atoms with E-state index < -0.39 is 17.4 Å². The van der Waals surface area contributed by atoms with Gasteiger partial charge in [0, 0.05) is 48.6 Å². The molecule has 8 rings (SSSR count). The number of nitrogens with zero attached hydrogens (tertiary/aromatic N) is 1. The minimum absolute atomic E-state index is 0.0606. The Balaban J connectivity index is 1.05. The van der Waals surface area contributed by atoms with Gasteiger partial charge in [-0.2, -0.15) is 0 Å². The number of methoxy groups -OCH3 is 1. The predicted molar refractivity (Wildman–Crippen MR) is 189 cm³/mol. The Morgan fingerprint density at radius 3 is 2.24 bits per heavy atom. The first kappa shape index (κ1) is 37.3. The maximum atomic E-state index is 13.0. The number of fused-ring (bicyclic) bond motifs is 2. The quantitative estimate of drug-likeness (QED) is 0.121. The summed E-state index contributed by atoms with van der Waals surface area (Å²) in [5.74, 6) is 1.71. The van der Waals surface area contributed by atoms with Crippen LogP contribution >= 0.6 is 0 Å². The lowest BCUT2D eigenvalue weighted by Crippen LogP contribution is -2.83. The first-order valence-electron chi connectivity index (χ1n) is 19.5. The third kappa shape index (κ3) is 6.20. The lowest BCUT2D eigenvalue weighted by atomic mass is 9.33. The molecule has 1 N–H and O–H groups in total. The summed E-state index contributed by atoms with van der Waals surface area (Å²) in [5, 5.41) is 12.5. The molecule has 5 fully saturated rings. The van der Waals surface area contributed by atoms with Gasteiger partial charge in [0.15, 0.2) is 11.5 Å². The molecule has 11 nitrogen and oxygen atoms in total. The van der Waals surface area contributed by atoms with Gasteiger partial charge in [-0.25, -0.2) is 4.79 Å². The average Bonchev–Trinajstić information content (AvgIpc) is 3.84. The van der Waals surface area contributed by atoms with E-state index >= 15 is 0 Å². The third-order valence-electron chi connectivity index (χ3n) is 13.8. The second kappa shape index (κ2) is 14.3. The Morgan fingerprint density at radius 2 is 1.61 bits per heavy atom. The summed E-state index contributed by atoms with van der Waals surface area (Å²) in [4.78, 5) is 15.8. The highest BCUT2D eigenvalue weighted by molar-refractivity contribution is 5.70. The highest BCUT2D eigenvalue weighted by Crippen LogP contribution is 2.78. The number of ether oxygens (including phenoxy) is 8. The fraction of sp³-hybridized carbons (Fsp3) is 0.825. The van der Waals surface area contributed by atoms with E-state index in [1.165, 1.54) is 24.0 Å². The van der Waals surface area contributed by atoms with Gasteiger partial charge in [0.25, 0.3) is 0 Å². The molecular weight excluding hydrogens is 654 g/mol. The Labute approximate surface area is 303 Å². The number of carbonyl (C=O) groups excluding carboxylic acids is 1. The van der Waals surface area contributed by atoms with Gasteiger partial charge in [0.05, 0.1) is 51.8 Å². The van der Waals surface area contributed by atoms with E-state index in [-0.39, 0.29) is 41.5 Å². The molecular formula is C40H61NO10. The summed E-state index contributed by atoms with van der Waals surface area (Å²) in [6, 6.07) is 4.39. The van der Waals surface area contributed by atoms with Crippen LogP contribution < -0.4 is 9.47 Å². The van der Waals surface area contributed by atoms with E-state index in [0.29, 0.717) is 63.8 Å². The second-order valence-electron chi connectivity index (χ2n) is 17.0. The maximum absolute atomic E-state index is 13.0. The van der Waals surface area contributed by atoms with Crippen LogP contribution in [0, 0.1) is 22.7 Å². The first-order chi connectivity index (χ1) is 24.4. The number of benzene rings is 1. The number of hydrogen-bond acceptors (Lipinski definition) is 11. The largest absolute Gasteiger partial charge is 0.514 e. The molecule has 7 atom stereocenters. The minimum atomic E-state index is -0.998. The molecule has 2 heterocycles. The van der Waals surface area contributed by atoms with Gasteiger partial charge in [-0.3, -0.25) is 4.90 Å². The van der Waals surface area contributed by atoms with Crippen molar-refractivity contribution in [3.8, 4) is 11.5 Å². The lowest BCUT2D eigenvalue weighted by molar-refractivity contribution is -0.312. The normalized spacial score (nSPS) is 33.0. The van der Waals surface area contributed by atoms with Crippen LogP contribution in [0.3, 0.4) is 0 Å². The van der Waals surface area contributed by atoms with Crippen molar-refractivity contribution in [2.75, 3.05) is 79.7 Å². The number of hydrogen-bond donors (Lipinski definition) is 1. The molecule has 5 aliphatic carbocycles. The van der Waals surface area contributed by atoms with Crippen molar-refractivity contribution in [3.05, 3.63) is 23.3 Å². The molecule has 0 radical (unpaired) electrons. The summed E-state index contributed by atoms with van der Waals surface area (Å²) in [7, 11) is 1.80. The number of likely N-dealkylation sites (tertiary alicyclic amines) is 1. The average molecular weight is 716 g/mol. The molecule has 0 amide bonds. The smallest absolute Gasteiger partial charge is 0.482 e. The predicted octanol–water partition coefficient (Wildman–Crippen LogP) is 5.31. The summed E-state index contributed by atoms with van der Waals surface area (Å²) >= 11 is 0. The fourth-order valence-corrected chi connectivity index (χ4v) is 10.8. The summed E-state index contributed by atoms with van der Waals surface area (Å²) in [5.41, 5.74) is 0.0696. The van der Waals surface area contributed by atoms with Crippen LogP contribution in [-0.4, -0.2) is 119 Å². The second-order valence-corrected chi connectivity index (χ2v) is 17.0. The maximum Gasteiger partial charge on any atom is 0.514 e. The van der Waals surface area contributed by atoms with Gasteiger partial charge in [-0.15, -0.1) is 0 Å². The van der Waals surface area contributed by atoms with E-state index in [0.717, 1.165) is 51.1 Å². The van der Waals surface area contributed by atoms with Crippen LogP contribution in [0.4, 0.5) is 4.79 Å². The van der Waals surface area contributed by atoms with Crippen molar-refractivity contribution in [2.24, 2.45) is 22.7 Å². The van der Waals surface area contributed by atoms with E-state index in [9.17, 15) is 9.90 Å². The van der Waals surface area contributed by atoms with Crippen molar-refractivity contribution in [2.45, 2.75) is 108 Å². The van der Waals surface area contributed by atoms with Gasteiger partial charge >= 0.3 is 6.16 Å². The molecule has 1 saturated heterocycles. The van der Waals surface area contributed by atoms with Crippen molar-refractivity contribution < 1.29 is 47.8 Å². The summed E-state index contributed by atoms with van der Waals surface area (Å²) in [6.07, 6.45) is 6.21. The monoisotopic (exact) mass is 715 g/mol. The number of carbonyl (C=O) groups is 1. The molecule has 2 aliphatic heterocycles. The summed E-state index contributed by atoms with van der Waals surface area (Å²) < 4.78 is 47.0. The van der Waals surface area contributed by atoms with Crippen LogP contribution in [0.2, 0.25) is 0 Å². The molecule has 286 valence electrons. The zero-order valence-corrected chi connectivity index (χ0v) is 31.8. The van der Waals surface area contributed by atoms with Gasteiger partial charge in [-0.05, 0) is 88.3 Å². The molecule has 4 saturated carbocycles. The van der Waals surface area contributed by atoms with Gasteiger partial charge in [0.2, 0.25) is 0 Å². The van der Waals surface area contributed by atoms with Crippen LogP contribution in [0.25, 0.3) is 0 Å². The Morgan fingerprint density at radius 1 is 0.941 bits per heavy atom. The summed E-state index contributed by atoms with van der Waals surface area (Å²) in [6.45, 7) is 16.4. The van der Waals surface area contributed by atoms with Crippen molar-refractivity contribution in [1.82, 2.24) is 4.90 Å². The number of piperidine rings is 1. The molecule has 0 unspecified atom stereocenters. The van der Waals surface area contributed by atoms with Crippen molar-refractivity contribution in [1.29, 1.82) is 0 Å². The molecule has 7 aliphatic rings. The van der Waals surface area contributed by atoms with Crippen molar-refractivity contribution >= 4 is 6.16 Å². The van der Waals surface area contributed by atoms with Crippen LogP contribution in [0.1, 0.15) is 84.3 Å². The van der Waals surface area contributed by atoms with Gasteiger partial charge in [0.1, 0.15) is 18.3 Å². The number of rotatable bonds is 18. The molecule has 0 aromatic heterocycles. The Hall–Kier alpha value is -1.99. The van der Waals surface area contributed by atoms with E-state index in [4.69, 9.17) is 37.9 Å². The number of aliphatic hydroxyl groups is 1. The van der Waals surface area contributed by atoms with Crippen molar-refractivity contribution in [3.63, 3.8) is 0 Å². The van der Waals surface area contributed by atoms with E-state index in [2.05, 4.69) is 31.7 Å². The molecule has 1 aromatic carbocycles. The highest BCUT2D eigenvalue weighted by atomic mass is 16.7. The Bertz CT molecular complexity index is 1410. The first-order valence-corrected chi connectivity index (χ1v) is 19.5. The minimum Gasteiger partial charge on any atom is -0.482 e.